The predicted octanol–water partition coefficient (Wildman–Crippen LogP) is 14.4. The number of allylic oxidation sites excluding steroid dienone is 5. The number of ether oxygens (including phenoxy) is 2. The number of aliphatic hydroxyl groups is 5. The quantitative estimate of drug-likeness (QED) is 0.0261. The predicted molar refractivity (Wildman–Crippen MR) is 286 cm³/mol. The molecule has 0 spiro atoms. The molecular formula is C59H111NO8. The van der Waals surface area contributed by atoms with Gasteiger partial charge in [0.15, 0.2) is 6.29 Å². The van der Waals surface area contributed by atoms with Crippen molar-refractivity contribution in [2.24, 2.45) is 0 Å². The van der Waals surface area contributed by atoms with Gasteiger partial charge >= 0.3 is 0 Å². The second-order valence-corrected chi connectivity index (χ2v) is 20.4. The zero-order chi connectivity index (χ0) is 49.4. The van der Waals surface area contributed by atoms with Gasteiger partial charge in [-0.2, -0.15) is 0 Å². The summed E-state index contributed by atoms with van der Waals surface area (Å²) in [7, 11) is 0. The van der Waals surface area contributed by atoms with Crippen molar-refractivity contribution < 1.29 is 39.8 Å². The molecule has 1 aliphatic heterocycles. The normalized spacial score (nSPS) is 19.8. The van der Waals surface area contributed by atoms with E-state index in [9.17, 15) is 30.3 Å². The van der Waals surface area contributed by atoms with E-state index in [1.807, 2.05) is 6.08 Å². The van der Waals surface area contributed by atoms with E-state index in [1.165, 1.54) is 212 Å². The molecule has 0 bridgehead atoms. The molecule has 0 aromatic carbocycles. The molecule has 6 N–H and O–H groups in total. The average molecular weight is 963 g/mol. The molecule has 1 rings (SSSR count). The van der Waals surface area contributed by atoms with Gasteiger partial charge in [0.2, 0.25) is 5.91 Å². The number of aliphatic hydroxyl groups excluding tert-OH is 5. The summed E-state index contributed by atoms with van der Waals surface area (Å²) in [4.78, 5) is 13.0. The van der Waals surface area contributed by atoms with Crippen LogP contribution in [0.1, 0.15) is 277 Å². The maximum absolute atomic E-state index is 13.0. The second-order valence-electron chi connectivity index (χ2n) is 20.4. The maximum Gasteiger partial charge on any atom is 0.220 e. The monoisotopic (exact) mass is 962 g/mol. The van der Waals surface area contributed by atoms with Crippen LogP contribution in [-0.2, 0) is 14.3 Å². The Bertz CT molecular complexity index is 1160. The molecule has 1 saturated heterocycles. The van der Waals surface area contributed by atoms with Crippen LogP contribution in [0.4, 0.5) is 0 Å². The lowest BCUT2D eigenvalue weighted by atomic mass is 9.99. The molecule has 400 valence electrons. The van der Waals surface area contributed by atoms with Crippen LogP contribution in [0.3, 0.4) is 0 Å². The van der Waals surface area contributed by atoms with Crippen LogP contribution in [0, 0.1) is 0 Å². The standard InChI is InChI=1S/C59H111NO8/c1-3-5-7-9-11-13-14-15-16-17-18-19-20-21-22-23-24-25-26-27-28-29-30-31-32-33-34-35-36-37-38-39-40-41-43-45-47-49-55(63)60-52(53(62)48-46-44-42-12-10-8-6-4-2)51-67-59-58(66)57(65)56(64)54(50-61)68-59/h14-15,17-18,46,48,52-54,56-59,61-62,64-66H,3-13,16,19-45,47,49-51H2,1-2H3,(H,60,63)/b15-14-,18-17-,48-46+. The van der Waals surface area contributed by atoms with Crippen molar-refractivity contribution in [2.45, 2.75) is 320 Å². The summed E-state index contributed by atoms with van der Waals surface area (Å²) in [6.45, 7) is 3.73. The fourth-order valence-electron chi connectivity index (χ4n) is 9.31. The molecule has 68 heavy (non-hydrogen) atoms. The average Bonchev–Trinajstić information content (AvgIpc) is 3.34. The largest absolute Gasteiger partial charge is 0.394 e. The smallest absolute Gasteiger partial charge is 0.220 e. The lowest BCUT2D eigenvalue weighted by molar-refractivity contribution is -0.302. The van der Waals surface area contributed by atoms with Gasteiger partial charge in [-0.1, -0.05) is 256 Å². The fourth-order valence-corrected chi connectivity index (χ4v) is 9.31. The lowest BCUT2D eigenvalue weighted by Gasteiger charge is -2.40. The number of hydrogen-bond acceptors (Lipinski definition) is 8. The number of rotatable bonds is 50. The van der Waals surface area contributed by atoms with Gasteiger partial charge in [-0.05, 0) is 51.4 Å². The zero-order valence-electron chi connectivity index (χ0n) is 44.4. The minimum absolute atomic E-state index is 0.176. The zero-order valence-corrected chi connectivity index (χ0v) is 44.4. The van der Waals surface area contributed by atoms with Crippen LogP contribution in [0.25, 0.3) is 0 Å². The lowest BCUT2D eigenvalue weighted by Crippen LogP contribution is -2.60. The van der Waals surface area contributed by atoms with Crippen molar-refractivity contribution in [1.82, 2.24) is 5.32 Å². The van der Waals surface area contributed by atoms with E-state index in [2.05, 4.69) is 43.5 Å². The number of hydrogen-bond donors (Lipinski definition) is 6. The Kier molecular flexibility index (Phi) is 46.4. The number of carbonyl (C=O) groups excluding carboxylic acids is 1. The van der Waals surface area contributed by atoms with Crippen LogP contribution in [0.2, 0.25) is 0 Å². The maximum atomic E-state index is 13.0. The number of unbranched alkanes of at least 4 members (excludes halogenated alkanes) is 36. The molecule has 9 heteroatoms. The molecular weight excluding hydrogens is 851 g/mol. The third kappa shape index (κ3) is 38.1. The van der Waals surface area contributed by atoms with Crippen molar-refractivity contribution in [1.29, 1.82) is 0 Å². The van der Waals surface area contributed by atoms with Gasteiger partial charge in [0, 0.05) is 6.42 Å². The van der Waals surface area contributed by atoms with Crippen LogP contribution in [-0.4, -0.2) is 87.5 Å². The number of carbonyl (C=O) groups is 1. The highest BCUT2D eigenvalue weighted by Crippen LogP contribution is 2.23. The number of amides is 1. The van der Waals surface area contributed by atoms with Crippen LogP contribution in [0.15, 0.2) is 36.5 Å². The molecule has 0 aliphatic carbocycles. The summed E-state index contributed by atoms with van der Waals surface area (Å²) in [5, 5.41) is 54.1. The summed E-state index contributed by atoms with van der Waals surface area (Å²) in [5.41, 5.74) is 0. The Morgan fingerprint density at radius 1 is 0.500 bits per heavy atom. The summed E-state index contributed by atoms with van der Waals surface area (Å²) < 4.78 is 11.2. The SMILES string of the molecule is CCCCCCC/C=C\C/C=C\CCCCCCCCCCCCCCCCCCCCCCCCCCCC(=O)NC(COC1OC(CO)C(O)C(O)C1O)C(O)/C=C/CCCCCCCC. The van der Waals surface area contributed by atoms with Gasteiger partial charge in [0.1, 0.15) is 24.4 Å². The Hall–Kier alpha value is -1.59. The first-order valence-electron chi connectivity index (χ1n) is 29.2. The molecule has 9 nitrogen and oxygen atoms in total. The fraction of sp³-hybridized carbons (Fsp3) is 0.881. The first kappa shape index (κ1) is 64.4. The minimum atomic E-state index is -1.56. The molecule has 0 radical (unpaired) electrons. The van der Waals surface area contributed by atoms with Gasteiger partial charge in [-0.3, -0.25) is 4.79 Å². The van der Waals surface area contributed by atoms with Crippen molar-refractivity contribution in [2.75, 3.05) is 13.2 Å². The summed E-state index contributed by atoms with van der Waals surface area (Å²) >= 11 is 0. The molecule has 1 aliphatic rings. The van der Waals surface area contributed by atoms with E-state index in [1.54, 1.807) is 6.08 Å². The highest BCUT2D eigenvalue weighted by Gasteiger charge is 2.44. The molecule has 7 atom stereocenters. The van der Waals surface area contributed by atoms with Gasteiger partial charge in [0.05, 0.1) is 25.4 Å². The Morgan fingerprint density at radius 3 is 1.26 bits per heavy atom. The van der Waals surface area contributed by atoms with Gasteiger partial charge in [0.25, 0.3) is 0 Å². The molecule has 1 fully saturated rings. The number of nitrogens with one attached hydrogen (secondary N) is 1. The summed E-state index contributed by atoms with van der Waals surface area (Å²) in [5.74, 6) is -0.176. The Balaban J connectivity index is 1.99. The first-order chi connectivity index (χ1) is 33.3. The van der Waals surface area contributed by atoms with E-state index in [-0.39, 0.29) is 12.5 Å². The highest BCUT2D eigenvalue weighted by atomic mass is 16.7. The van der Waals surface area contributed by atoms with E-state index in [4.69, 9.17) is 9.47 Å². The highest BCUT2D eigenvalue weighted by molar-refractivity contribution is 5.76. The van der Waals surface area contributed by atoms with Crippen molar-refractivity contribution in [3.8, 4) is 0 Å². The molecule has 0 saturated carbocycles. The topological polar surface area (TPSA) is 149 Å². The van der Waals surface area contributed by atoms with Crippen LogP contribution >= 0.6 is 0 Å². The first-order valence-corrected chi connectivity index (χ1v) is 29.2. The second kappa shape index (κ2) is 49.0. The molecule has 0 aromatic rings. The minimum Gasteiger partial charge on any atom is -0.394 e. The summed E-state index contributed by atoms with van der Waals surface area (Å²) in [6.07, 6.45) is 57.0. The summed E-state index contributed by atoms with van der Waals surface area (Å²) in [6, 6.07) is -0.800. The van der Waals surface area contributed by atoms with Gasteiger partial charge in [-0.25, -0.2) is 0 Å². The molecule has 1 amide bonds. The van der Waals surface area contributed by atoms with Crippen molar-refractivity contribution in [3.05, 3.63) is 36.5 Å². The molecule has 1 heterocycles. The Labute approximate surface area is 419 Å². The third-order valence-electron chi connectivity index (χ3n) is 14.0. The van der Waals surface area contributed by atoms with Gasteiger partial charge < -0.3 is 40.3 Å². The van der Waals surface area contributed by atoms with E-state index in [0.717, 1.165) is 44.9 Å². The van der Waals surface area contributed by atoms with Crippen molar-refractivity contribution >= 4 is 5.91 Å². The van der Waals surface area contributed by atoms with Gasteiger partial charge in [-0.15, -0.1) is 0 Å². The molecule has 7 unspecified atom stereocenters. The van der Waals surface area contributed by atoms with E-state index >= 15 is 0 Å². The molecule has 0 aromatic heterocycles. The Morgan fingerprint density at radius 2 is 0.868 bits per heavy atom. The van der Waals surface area contributed by atoms with E-state index < -0.39 is 49.5 Å². The van der Waals surface area contributed by atoms with E-state index in [0.29, 0.717) is 6.42 Å². The van der Waals surface area contributed by atoms with Crippen LogP contribution in [0.5, 0.6) is 0 Å². The van der Waals surface area contributed by atoms with Crippen LogP contribution < -0.4 is 5.32 Å². The van der Waals surface area contributed by atoms with Crippen molar-refractivity contribution in [3.63, 3.8) is 0 Å². The third-order valence-corrected chi connectivity index (χ3v) is 14.0.